The summed E-state index contributed by atoms with van der Waals surface area (Å²) < 4.78 is 14.1. The summed E-state index contributed by atoms with van der Waals surface area (Å²) in [5.41, 5.74) is 1.34. The van der Waals surface area contributed by atoms with Crippen molar-refractivity contribution in [1.29, 1.82) is 0 Å². The second-order valence-electron chi connectivity index (χ2n) is 5.72. The van der Waals surface area contributed by atoms with Gasteiger partial charge in [0.1, 0.15) is 5.69 Å². The number of hydrogen-bond acceptors (Lipinski definition) is 2. The van der Waals surface area contributed by atoms with Gasteiger partial charge in [-0.1, -0.05) is 29.6 Å². The quantitative estimate of drug-likeness (QED) is 0.678. The lowest BCUT2D eigenvalue weighted by Gasteiger charge is -2.42. The van der Waals surface area contributed by atoms with E-state index >= 15 is 0 Å². The largest absolute Gasteiger partial charge is 0.271 e. The Labute approximate surface area is 110 Å². The third kappa shape index (κ3) is 1.17. The standard InChI is InChI=1S/C15H13FN2O/c1-9-6-15(7-9)13-10-4-2-3-5-11(10)17-8-12(13)18(16)14(15)19/h2-5,8-9H,6-7H2,1H3. The summed E-state index contributed by atoms with van der Waals surface area (Å²) in [6.07, 6.45) is 2.94. The maximum atomic E-state index is 14.1. The number of rotatable bonds is 0. The van der Waals surface area contributed by atoms with E-state index in [1.165, 1.54) is 6.20 Å². The molecule has 2 aromatic rings. The highest BCUT2D eigenvalue weighted by Gasteiger charge is 2.58. The van der Waals surface area contributed by atoms with E-state index in [9.17, 15) is 9.28 Å². The zero-order valence-electron chi connectivity index (χ0n) is 10.6. The van der Waals surface area contributed by atoms with Crippen molar-refractivity contribution in [2.24, 2.45) is 5.92 Å². The van der Waals surface area contributed by atoms with E-state index in [1.807, 2.05) is 24.3 Å². The molecular weight excluding hydrogens is 243 g/mol. The molecular formula is C15H13FN2O. The zero-order valence-corrected chi connectivity index (χ0v) is 10.6. The van der Waals surface area contributed by atoms with Crippen molar-refractivity contribution in [1.82, 2.24) is 4.98 Å². The van der Waals surface area contributed by atoms with Gasteiger partial charge in [-0.3, -0.25) is 9.78 Å². The molecule has 1 aliphatic carbocycles. The molecule has 3 nitrogen and oxygen atoms in total. The van der Waals surface area contributed by atoms with Crippen molar-refractivity contribution in [2.75, 3.05) is 5.12 Å². The lowest BCUT2D eigenvalue weighted by atomic mass is 9.59. The van der Waals surface area contributed by atoms with Crippen molar-refractivity contribution < 1.29 is 9.28 Å². The first-order valence-electron chi connectivity index (χ1n) is 6.52. The van der Waals surface area contributed by atoms with Crippen molar-refractivity contribution in [3.63, 3.8) is 0 Å². The number of pyridine rings is 1. The number of carbonyl (C=O) groups excluding carboxylic acids is 1. The molecule has 1 amide bonds. The molecule has 1 spiro atoms. The number of hydrogen-bond donors (Lipinski definition) is 0. The highest BCUT2D eigenvalue weighted by molar-refractivity contribution is 6.11. The minimum atomic E-state index is -0.647. The Hall–Kier alpha value is -1.97. The van der Waals surface area contributed by atoms with Gasteiger partial charge in [0, 0.05) is 10.9 Å². The molecule has 0 atom stereocenters. The van der Waals surface area contributed by atoms with Gasteiger partial charge in [0.05, 0.1) is 17.1 Å². The first-order chi connectivity index (χ1) is 9.13. The highest BCUT2D eigenvalue weighted by Crippen LogP contribution is 2.57. The van der Waals surface area contributed by atoms with Crippen LogP contribution in [-0.4, -0.2) is 10.9 Å². The number of halogens is 1. The number of anilines is 1. The van der Waals surface area contributed by atoms with Crippen LogP contribution in [0.4, 0.5) is 10.2 Å². The number of fused-ring (bicyclic) bond motifs is 4. The molecule has 2 aliphatic rings. The maximum absolute atomic E-state index is 14.1. The molecule has 1 fully saturated rings. The highest BCUT2D eigenvalue weighted by atomic mass is 19.2. The molecule has 19 heavy (non-hydrogen) atoms. The summed E-state index contributed by atoms with van der Waals surface area (Å²) in [6, 6.07) is 7.64. The molecule has 4 heteroatoms. The normalized spacial score (nSPS) is 28.8. The van der Waals surface area contributed by atoms with Gasteiger partial charge in [0.2, 0.25) is 0 Å². The van der Waals surface area contributed by atoms with Gasteiger partial charge < -0.3 is 0 Å². The summed E-state index contributed by atoms with van der Waals surface area (Å²) in [5.74, 6) is 0.0500. The third-order valence-corrected chi connectivity index (χ3v) is 4.43. The fraction of sp³-hybridized carbons (Fsp3) is 0.333. The van der Waals surface area contributed by atoms with Crippen LogP contribution in [0.25, 0.3) is 10.9 Å². The van der Waals surface area contributed by atoms with Crippen LogP contribution in [0.3, 0.4) is 0 Å². The number of carbonyl (C=O) groups is 1. The van der Waals surface area contributed by atoms with Gasteiger partial charge in [-0.2, -0.15) is 0 Å². The number of para-hydroxylation sites is 1. The molecule has 0 N–H and O–H groups in total. The summed E-state index contributed by atoms with van der Waals surface area (Å²) in [5, 5.41) is 1.20. The summed E-state index contributed by atoms with van der Waals surface area (Å²) >= 11 is 0. The Bertz CT molecular complexity index is 706. The average Bonchev–Trinajstić information content (AvgIpc) is 2.61. The van der Waals surface area contributed by atoms with Crippen LogP contribution in [0.1, 0.15) is 25.3 Å². The van der Waals surface area contributed by atoms with Crippen LogP contribution in [0, 0.1) is 5.92 Å². The van der Waals surface area contributed by atoms with E-state index in [0.717, 1.165) is 29.3 Å². The van der Waals surface area contributed by atoms with Crippen LogP contribution < -0.4 is 5.12 Å². The van der Waals surface area contributed by atoms with E-state index in [1.54, 1.807) is 0 Å². The fourth-order valence-corrected chi connectivity index (χ4v) is 3.70. The van der Waals surface area contributed by atoms with E-state index in [-0.39, 0.29) is 0 Å². The van der Waals surface area contributed by atoms with E-state index in [0.29, 0.717) is 16.7 Å². The first kappa shape index (κ1) is 10.9. The van der Waals surface area contributed by atoms with E-state index in [4.69, 9.17) is 0 Å². The molecule has 1 aromatic heterocycles. The molecule has 4 rings (SSSR count). The molecule has 0 radical (unpaired) electrons. The smallest absolute Gasteiger partial charge is 0.265 e. The van der Waals surface area contributed by atoms with E-state index in [2.05, 4.69) is 11.9 Å². The van der Waals surface area contributed by atoms with Gasteiger partial charge >= 0.3 is 0 Å². The Balaban J connectivity index is 2.07. The lowest BCUT2D eigenvalue weighted by molar-refractivity contribution is -0.130. The Morgan fingerprint density at radius 3 is 2.84 bits per heavy atom. The second kappa shape index (κ2) is 3.32. The van der Waals surface area contributed by atoms with Crippen LogP contribution in [0.2, 0.25) is 0 Å². The number of nitrogens with zero attached hydrogens (tertiary/aromatic N) is 2. The van der Waals surface area contributed by atoms with Gasteiger partial charge in [-0.05, 0) is 24.8 Å². The summed E-state index contributed by atoms with van der Waals surface area (Å²) in [6.45, 7) is 2.10. The molecule has 0 saturated heterocycles. The van der Waals surface area contributed by atoms with Crippen molar-refractivity contribution in [3.05, 3.63) is 36.0 Å². The predicted octanol–water partition coefficient (Wildman–Crippen LogP) is 3.13. The first-order valence-corrected chi connectivity index (χ1v) is 6.52. The molecule has 1 aliphatic heterocycles. The van der Waals surface area contributed by atoms with Gasteiger partial charge in [-0.25, -0.2) is 0 Å². The summed E-state index contributed by atoms with van der Waals surface area (Å²) in [4.78, 5) is 16.5. The van der Waals surface area contributed by atoms with Crippen LogP contribution >= 0.6 is 0 Å². The zero-order chi connectivity index (χ0) is 13.2. The molecule has 2 heterocycles. The van der Waals surface area contributed by atoms with Crippen molar-refractivity contribution >= 4 is 22.5 Å². The minimum absolute atomic E-state index is 0.292. The molecule has 96 valence electrons. The molecule has 1 saturated carbocycles. The molecule has 0 bridgehead atoms. The van der Waals surface area contributed by atoms with Crippen LogP contribution in [0.15, 0.2) is 30.5 Å². The molecule has 1 aromatic carbocycles. The van der Waals surface area contributed by atoms with Gasteiger partial charge in [-0.15, -0.1) is 5.12 Å². The SMILES string of the molecule is CC1CC2(C1)C(=O)N(F)c1cnc3ccccc3c12. The van der Waals surface area contributed by atoms with Crippen LogP contribution in [0.5, 0.6) is 0 Å². The Morgan fingerprint density at radius 2 is 2.11 bits per heavy atom. The lowest BCUT2D eigenvalue weighted by Crippen LogP contribution is -2.47. The predicted molar refractivity (Wildman–Crippen MR) is 70.4 cm³/mol. The average molecular weight is 256 g/mol. The second-order valence-corrected chi connectivity index (χ2v) is 5.72. The van der Waals surface area contributed by atoms with Crippen molar-refractivity contribution in [3.8, 4) is 0 Å². The Morgan fingerprint density at radius 1 is 1.37 bits per heavy atom. The minimum Gasteiger partial charge on any atom is -0.271 e. The fourth-order valence-electron chi connectivity index (χ4n) is 3.70. The monoisotopic (exact) mass is 256 g/mol. The number of amides is 1. The van der Waals surface area contributed by atoms with Crippen LogP contribution in [-0.2, 0) is 10.2 Å². The topological polar surface area (TPSA) is 33.2 Å². The number of benzene rings is 1. The number of aromatic nitrogens is 1. The molecule has 0 unspecified atom stereocenters. The van der Waals surface area contributed by atoms with Gasteiger partial charge in [0.15, 0.2) is 0 Å². The van der Waals surface area contributed by atoms with Gasteiger partial charge in [0.25, 0.3) is 5.91 Å². The third-order valence-electron chi connectivity index (χ3n) is 4.43. The Kier molecular flexibility index (Phi) is 1.91. The van der Waals surface area contributed by atoms with E-state index < -0.39 is 11.3 Å². The maximum Gasteiger partial charge on any atom is 0.265 e. The van der Waals surface area contributed by atoms with Crippen molar-refractivity contribution in [2.45, 2.75) is 25.2 Å². The summed E-state index contributed by atoms with van der Waals surface area (Å²) in [7, 11) is 0.